The number of ether oxygens (including phenoxy) is 2. The molecule has 0 bridgehead atoms. The Morgan fingerprint density at radius 3 is 2.35 bits per heavy atom. The zero-order valence-electron chi connectivity index (χ0n) is 15.7. The van der Waals surface area contributed by atoms with Crippen LogP contribution in [-0.4, -0.2) is 67.0 Å². The van der Waals surface area contributed by atoms with Crippen molar-refractivity contribution in [3.8, 4) is 40.1 Å². The van der Waals surface area contributed by atoms with Gasteiger partial charge in [-0.1, -0.05) is 0 Å². The predicted molar refractivity (Wildman–Crippen MR) is 103 cm³/mol. The normalized spacial score (nSPS) is 23.7. The number of benzene rings is 2. The standard InChI is InChI=1S/C20H18O11/c21-8-4-11(24)14-13(5-8)30-18(7-1-2-9(22)10(23)3-7)19(16(14)27)31-20-17(28)15(26)12(25)6-29-20/h1-5,12,15,17,20-26,28H,6H2/t12-,15-,17+,20-/m0/s1. The fourth-order valence-electron chi connectivity index (χ4n) is 3.23. The number of hydrogen-bond acceptors (Lipinski definition) is 11. The van der Waals surface area contributed by atoms with Gasteiger partial charge in [-0.3, -0.25) is 4.79 Å². The molecule has 11 heteroatoms. The first-order valence-corrected chi connectivity index (χ1v) is 9.05. The number of aromatic hydroxyl groups is 4. The van der Waals surface area contributed by atoms with Crippen LogP contribution in [0, 0.1) is 0 Å². The van der Waals surface area contributed by atoms with E-state index in [1.165, 1.54) is 6.07 Å². The van der Waals surface area contributed by atoms with Gasteiger partial charge in [-0.25, -0.2) is 0 Å². The van der Waals surface area contributed by atoms with E-state index < -0.39 is 59.6 Å². The van der Waals surface area contributed by atoms with E-state index in [1.54, 1.807) is 0 Å². The molecule has 164 valence electrons. The minimum absolute atomic E-state index is 0.0676. The van der Waals surface area contributed by atoms with Crippen LogP contribution in [0.15, 0.2) is 39.5 Å². The minimum Gasteiger partial charge on any atom is -0.508 e. The van der Waals surface area contributed by atoms with Crippen molar-refractivity contribution >= 4 is 11.0 Å². The average molecular weight is 434 g/mol. The molecule has 1 aliphatic rings. The van der Waals surface area contributed by atoms with Gasteiger partial charge in [0.1, 0.15) is 40.8 Å². The van der Waals surface area contributed by atoms with Gasteiger partial charge < -0.3 is 49.6 Å². The molecule has 2 aromatic carbocycles. The zero-order valence-corrected chi connectivity index (χ0v) is 15.7. The number of phenolic OH excluding ortho intramolecular Hbond substituents is 4. The van der Waals surface area contributed by atoms with Crippen LogP contribution in [0.4, 0.5) is 0 Å². The van der Waals surface area contributed by atoms with Gasteiger partial charge in [0, 0.05) is 17.7 Å². The van der Waals surface area contributed by atoms with E-state index in [9.17, 15) is 40.5 Å². The van der Waals surface area contributed by atoms with E-state index in [2.05, 4.69) is 0 Å². The lowest BCUT2D eigenvalue weighted by Crippen LogP contribution is -2.55. The first kappa shape index (κ1) is 20.8. The van der Waals surface area contributed by atoms with Crippen LogP contribution >= 0.6 is 0 Å². The Morgan fingerprint density at radius 2 is 1.65 bits per heavy atom. The maximum Gasteiger partial charge on any atom is 0.239 e. The smallest absolute Gasteiger partial charge is 0.239 e. The molecule has 1 fully saturated rings. The molecular weight excluding hydrogens is 416 g/mol. The van der Waals surface area contributed by atoms with Crippen molar-refractivity contribution in [1.82, 2.24) is 0 Å². The summed E-state index contributed by atoms with van der Waals surface area (Å²) >= 11 is 0. The largest absolute Gasteiger partial charge is 0.508 e. The van der Waals surface area contributed by atoms with Crippen LogP contribution in [-0.2, 0) is 4.74 Å². The quantitative estimate of drug-likeness (QED) is 0.277. The maximum absolute atomic E-state index is 13.1. The minimum atomic E-state index is -1.73. The van der Waals surface area contributed by atoms with Gasteiger partial charge in [-0.2, -0.15) is 0 Å². The second-order valence-electron chi connectivity index (χ2n) is 7.00. The second-order valence-corrected chi connectivity index (χ2v) is 7.00. The van der Waals surface area contributed by atoms with Crippen molar-refractivity contribution in [3.05, 3.63) is 40.6 Å². The lowest BCUT2D eigenvalue weighted by molar-refractivity contribution is -0.242. The van der Waals surface area contributed by atoms with Crippen LogP contribution < -0.4 is 10.2 Å². The highest BCUT2D eigenvalue weighted by Crippen LogP contribution is 2.39. The van der Waals surface area contributed by atoms with Crippen LogP contribution in [0.1, 0.15) is 0 Å². The number of aliphatic hydroxyl groups is 3. The molecule has 1 saturated heterocycles. The van der Waals surface area contributed by atoms with Gasteiger partial charge in [0.25, 0.3) is 0 Å². The van der Waals surface area contributed by atoms with E-state index in [0.717, 1.165) is 24.3 Å². The molecule has 0 aliphatic carbocycles. The van der Waals surface area contributed by atoms with E-state index in [-0.39, 0.29) is 28.0 Å². The van der Waals surface area contributed by atoms with Crippen LogP contribution in [0.5, 0.6) is 28.7 Å². The van der Waals surface area contributed by atoms with Crippen LogP contribution in [0.25, 0.3) is 22.3 Å². The molecule has 11 nitrogen and oxygen atoms in total. The van der Waals surface area contributed by atoms with Crippen LogP contribution in [0.3, 0.4) is 0 Å². The van der Waals surface area contributed by atoms with Gasteiger partial charge in [0.15, 0.2) is 17.3 Å². The molecule has 31 heavy (non-hydrogen) atoms. The monoisotopic (exact) mass is 434 g/mol. The van der Waals surface area contributed by atoms with E-state index in [4.69, 9.17) is 13.9 Å². The Labute approximate surface area is 173 Å². The van der Waals surface area contributed by atoms with E-state index in [1.807, 2.05) is 0 Å². The topological polar surface area (TPSA) is 190 Å². The van der Waals surface area contributed by atoms with Crippen molar-refractivity contribution < 1.29 is 49.6 Å². The highest BCUT2D eigenvalue weighted by molar-refractivity contribution is 5.88. The Kier molecular flexibility index (Phi) is 5.11. The summed E-state index contributed by atoms with van der Waals surface area (Å²) in [7, 11) is 0. The van der Waals surface area contributed by atoms with E-state index in [0.29, 0.717) is 0 Å². The average Bonchev–Trinajstić information content (AvgIpc) is 2.71. The number of phenols is 4. The van der Waals surface area contributed by atoms with Crippen molar-refractivity contribution in [2.45, 2.75) is 24.6 Å². The first-order valence-electron chi connectivity index (χ1n) is 9.05. The molecule has 7 N–H and O–H groups in total. The third-order valence-electron chi connectivity index (χ3n) is 4.84. The number of hydrogen-bond donors (Lipinski definition) is 7. The lowest BCUT2D eigenvalue weighted by Gasteiger charge is -2.34. The molecule has 3 aromatic rings. The number of fused-ring (bicyclic) bond motifs is 1. The van der Waals surface area contributed by atoms with Gasteiger partial charge in [-0.05, 0) is 18.2 Å². The Morgan fingerprint density at radius 1 is 0.903 bits per heavy atom. The SMILES string of the molecule is O=c1c(O[C@@H]2OC[C@H](O)[C@H](O)[C@H]2O)c(-c2ccc(O)c(O)c2)oc2cc(O)cc(O)c12. The van der Waals surface area contributed by atoms with Gasteiger partial charge in [0.05, 0.1) is 6.61 Å². The third-order valence-corrected chi connectivity index (χ3v) is 4.84. The van der Waals surface area contributed by atoms with Crippen LogP contribution in [0.2, 0.25) is 0 Å². The highest BCUT2D eigenvalue weighted by atomic mass is 16.7. The molecule has 0 unspecified atom stereocenters. The highest BCUT2D eigenvalue weighted by Gasteiger charge is 2.40. The molecular formula is C20H18O11. The number of aliphatic hydroxyl groups excluding tert-OH is 3. The molecule has 4 rings (SSSR count). The summed E-state index contributed by atoms with van der Waals surface area (Å²) in [5.74, 6) is -2.79. The maximum atomic E-state index is 13.1. The molecule has 0 amide bonds. The predicted octanol–water partition coefficient (Wildman–Crippen LogP) is 0.100. The summed E-state index contributed by atoms with van der Waals surface area (Å²) in [5.41, 5.74) is -1.05. The molecule has 4 atom stereocenters. The Balaban J connectivity index is 1.92. The fourth-order valence-corrected chi connectivity index (χ4v) is 3.23. The summed E-state index contributed by atoms with van der Waals surface area (Å²) in [6.45, 7) is -0.393. The van der Waals surface area contributed by atoms with Gasteiger partial charge in [0.2, 0.25) is 17.5 Å². The van der Waals surface area contributed by atoms with Crippen molar-refractivity contribution in [2.75, 3.05) is 6.61 Å². The molecule has 1 aromatic heterocycles. The summed E-state index contributed by atoms with van der Waals surface area (Å²) in [4.78, 5) is 13.1. The molecule has 0 spiro atoms. The second kappa shape index (κ2) is 7.63. The Bertz CT molecular complexity index is 1200. The fraction of sp³-hybridized carbons (Fsp3) is 0.250. The van der Waals surface area contributed by atoms with Crippen molar-refractivity contribution in [2.24, 2.45) is 0 Å². The molecule has 0 saturated carbocycles. The van der Waals surface area contributed by atoms with E-state index >= 15 is 0 Å². The summed E-state index contributed by atoms with van der Waals surface area (Å²) in [6.07, 6.45) is -6.29. The van der Waals surface area contributed by atoms with Crippen molar-refractivity contribution in [1.29, 1.82) is 0 Å². The lowest BCUT2D eigenvalue weighted by atomic mass is 10.1. The summed E-state index contributed by atoms with van der Waals surface area (Å²) in [6, 6.07) is 5.50. The van der Waals surface area contributed by atoms with Gasteiger partial charge >= 0.3 is 0 Å². The first-order chi connectivity index (χ1) is 14.7. The third kappa shape index (κ3) is 3.59. The molecule has 2 heterocycles. The number of rotatable bonds is 3. The molecule has 1 aliphatic heterocycles. The zero-order chi connectivity index (χ0) is 22.4. The molecule has 0 radical (unpaired) electrons. The van der Waals surface area contributed by atoms with Crippen molar-refractivity contribution in [3.63, 3.8) is 0 Å². The van der Waals surface area contributed by atoms with Gasteiger partial charge in [-0.15, -0.1) is 0 Å². The Hall–Kier alpha value is -3.51. The summed E-state index contributed by atoms with van der Waals surface area (Å²) in [5, 5.41) is 68.6. The summed E-state index contributed by atoms with van der Waals surface area (Å²) < 4.78 is 16.3.